The maximum atomic E-state index is 13.4. The highest BCUT2D eigenvalue weighted by molar-refractivity contribution is 5.90. The number of esters is 1. The van der Waals surface area contributed by atoms with Crippen molar-refractivity contribution in [2.45, 2.75) is 6.42 Å². The van der Waals surface area contributed by atoms with E-state index in [1.165, 1.54) is 18.5 Å². The number of carbonyl (C=O) groups is 2. The van der Waals surface area contributed by atoms with Gasteiger partial charge in [0.1, 0.15) is 5.82 Å². The van der Waals surface area contributed by atoms with Crippen LogP contribution < -0.4 is 5.32 Å². The zero-order chi connectivity index (χ0) is 15.8. The van der Waals surface area contributed by atoms with Crippen LogP contribution in [0.3, 0.4) is 0 Å². The second kappa shape index (κ2) is 7.87. The molecule has 1 amide bonds. The van der Waals surface area contributed by atoms with Crippen LogP contribution in [0.1, 0.15) is 15.9 Å². The van der Waals surface area contributed by atoms with Crippen molar-refractivity contribution in [3.05, 3.63) is 65.7 Å². The molecular weight excluding hydrogens is 287 g/mol. The molecule has 0 radical (unpaired) electrons. The topological polar surface area (TPSA) is 68.3 Å². The monoisotopic (exact) mass is 302 g/mol. The minimum atomic E-state index is -0.614. The van der Waals surface area contributed by atoms with E-state index in [9.17, 15) is 14.0 Å². The molecule has 0 bridgehead atoms. The molecule has 0 saturated carbocycles. The summed E-state index contributed by atoms with van der Waals surface area (Å²) < 4.78 is 18.2. The summed E-state index contributed by atoms with van der Waals surface area (Å²) in [6.45, 7) is -0.116. The highest BCUT2D eigenvalue weighted by Gasteiger charge is 2.10. The number of nitrogens with zero attached hydrogens (tertiary/aromatic N) is 1. The highest BCUT2D eigenvalue weighted by atomic mass is 19.1. The molecule has 0 saturated heterocycles. The molecule has 5 nitrogen and oxygen atoms in total. The van der Waals surface area contributed by atoms with E-state index in [1.807, 2.05) is 0 Å². The van der Waals surface area contributed by atoms with Gasteiger partial charge in [-0.2, -0.15) is 0 Å². The van der Waals surface area contributed by atoms with E-state index >= 15 is 0 Å². The largest absolute Gasteiger partial charge is 0.452 e. The molecule has 1 heterocycles. The molecule has 1 aromatic carbocycles. The van der Waals surface area contributed by atoms with Crippen molar-refractivity contribution < 1.29 is 18.7 Å². The number of halogens is 1. The minimum Gasteiger partial charge on any atom is -0.452 e. The molecule has 2 rings (SSSR count). The predicted octanol–water partition coefficient (Wildman–Crippen LogP) is 1.74. The Morgan fingerprint density at radius 3 is 2.73 bits per heavy atom. The van der Waals surface area contributed by atoms with Crippen LogP contribution in [-0.2, 0) is 16.0 Å². The molecule has 114 valence electrons. The normalized spacial score (nSPS) is 10.0. The first-order chi connectivity index (χ1) is 10.7. The first-order valence-corrected chi connectivity index (χ1v) is 6.74. The number of amides is 1. The van der Waals surface area contributed by atoms with Gasteiger partial charge >= 0.3 is 5.97 Å². The molecule has 6 heteroatoms. The van der Waals surface area contributed by atoms with Crippen LogP contribution in [0.5, 0.6) is 0 Å². The maximum absolute atomic E-state index is 13.4. The van der Waals surface area contributed by atoms with Crippen LogP contribution in [0.25, 0.3) is 0 Å². The van der Waals surface area contributed by atoms with E-state index in [2.05, 4.69) is 10.3 Å². The lowest BCUT2D eigenvalue weighted by Crippen LogP contribution is -2.30. The molecule has 0 aliphatic carbocycles. The van der Waals surface area contributed by atoms with E-state index in [0.717, 1.165) is 0 Å². The van der Waals surface area contributed by atoms with Gasteiger partial charge in [-0.05, 0) is 30.2 Å². The van der Waals surface area contributed by atoms with E-state index in [4.69, 9.17) is 4.74 Å². The number of hydrogen-bond acceptors (Lipinski definition) is 4. The molecule has 0 unspecified atom stereocenters. The third-order valence-corrected chi connectivity index (χ3v) is 2.91. The average Bonchev–Trinajstić information content (AvgIpc) is 2.55. The summed E-state index contributed by atoms with van der Waals surface area (Å²) in [6.07, 6.45) is 3.26. The van der Waals surface area contributed by atoms with Gasteiger partial charge in [0.25, 0.3) is 5.91 Å². The number of benzene rings is 1. The lowest BCUT2D eigenvalue weighted by atomic mass is 10.1. The molecule has 2 aromatic rings. The van der Waals surface area contributed by atoms with Gasteiger partial charge < -0.3 is 10.1 Å². The van der Waals surface area contributed by atoms with Gasteiger partial charge in [-0.25, -0.2) is 9.18 Å². The third-order valence-electron chi connectivity index (χ3n) is 2.91. The van der Waals surface area contributed by atoms with Crippen LogP contribution in [0.2, 0.25) is 0 Å². The van der Waals surface area contributed by atoms with E-state index in [1.54, 1.807) is 30.3 Å². The number of aromatic nitrogens is 1. The average molecular weight is 302 g/mol. The number of carbonyl (C=O) groups excluding carboxylic acids is 2. The summed E-state index contributed by atoms with van der Waals surface area (Å²) in [5.41, 5.74) is 0.803. The summed E-state index contributed by atoms with van der Waals surface area (Å²) in [5, 5.41) is 2.57. The van der Waals surface area contributed by atoms with Crippen LogP contribution in [-0.4, -0.2) is 30.0 Å². The number of rotatable bonds is 6. The second-order valence-corrected chi connectivity index (χ2v) is 4.51. The fraction of sp³-hybridized carbons (Fsp3) is 0.188. The van der Waals surface area contributed by atoms with Crippen molar-refractivity contribution in [1.82, 2.24) is 10.3 Å². The summed E-state index contributed by atoms with van der Waals surface area (Å²) >= 11 is 0. The van der Waals surface area contributed by atoms with Gasteiger partial charge in [0.15, 0.2) is 6.61 Å². The molecule has 0 fully saturated rings. The lowest BCUT2D eigenvalue weighted by Gasteiger charge is -2.07. The van der Waals surface area contributed by atoms with Gasteiger partial charge in [0.2, 0.25) is 0 Å². The van der Waals surface area contributed by atoms with Crippen LogP contribution in [0.4, 0.5) is 4.39 Å². The quantitative estimate of drug-likeness (QED) is 0.825. The standard InChI is InChI=1S/C16H15FN2O3/c17-14-6-2-1-4-12(14)7-9-19-15(20)11-22-16(21)13-5-3-8-18-10-13/h1-6,8,10H,7,9,11H2,(H,19,20). The van der Waals surface area contributed by atoms with Crippen LogP contribution >= 0.6 is 0 Å². The molecule has 1 N–H and O–H groups in total. The van der Waals surface area contributed by atoms with Crippen molar-refractivity contribution in [2.24, 2.45) is 0 Å². The predicted molar refractivity (Wildman–Crippen MR) is 77.6 cm³/mol. The fourth-order valence-corrected chi connectivity index (χ4v) is 1.79. The third kappa shape index (κ3) is 4.66. The zero-order valence-corrected chi connectivity index (χ0v) is 11.8. The van der Waals surface area contributed by atoms with Crippen LogP contribution in [0.15, 0.2) is 48.8 Å². The molecular formula is C16H15FN2O3. The van der Waals surface area contributed by atoms with Crippen molar-refractivity contribution in [3.8, 4) is 0 Å². The van der Waals surface area contributed by atoms with Gasteiger partial charge in [0.05, 0.1) is 5.56 Å². The number of ether oxygens (including phenoxy) is 1. The molecule has 0 spiro atoms. The summed E-state index contributed by atoms with van der Waals surface area (Å²) in [7, 11) is 0. The van der Waals surface area contributed by atoms with E-state index < -0.39 is 11.9 Å². The van der Waals surface area contributed by atoms with E-state index in [0.29, 0.717) is 12.0 Å². The SMILES string of the molecule is O=C(COC(=O)c1cccnc1)NCCc1ccccc1F. The Kier molecular flexibility index (Phi) is 5.59. The zero-order valence-electron chi connectivity index (χ0n) is 11.8. The van der Waals surface area contributed by atoms with Gasteiger partial charge in [0, 0.05) is 18.9 Å². The summed E-state index contributed by atoms with van der Waals surface area (Å²) in [6, 6.07) is 9.51. The van der Waals surface area contributed by atoms with Gasteiger partial charge in [-0.15, -0.1) is 0 Å². The van der Waals surface area contributed by atoms with E-state index in [-0.39, 0.29) is 24.5 Å². The van der Waals surface area contributed by atoms with Crippen molar-refractivity contribution in [2.75, 3.05) is 13.2 Å². The second-order valence-electron chi connectivity index (χ2n) is 4.51. The Morgan fingerprint density at radius 2 is 2.00 bits per heavy atom. The van der Waals surface area contributed by atoms with Crippen molar-refractivity contribution in [1.29, 1.82) is 0 Å². The number of hydrogen-bond donors (Lipinski definition) is 1. The maximum Gasteiger partial charge on any atom is 0.340 e. The number of pyridine rings is 1. The first kappa shape index (κ1) is 15.6. The summed E-state index contributed by atoms with van der Waals surface area (Å²) in [5.74, 6) is -1.36. The first-order valence-electron chi connectivity index (χ1n) is 6.74. The number of nitrogens with one attached hydrogen (secondary N) is 1. The van der Waals surface area contributed by atoms with Crippen molar-refractivity contribution >= 4 is 11.9 Å². The Bertz CT molecular complexity index is 647. The Hall–Kier alpha value is -2.76. The minimum absolute atomic E-state index is 0.268. The van der Waals surface area contributed by atoms with Gasteiger partial charge in [-0.3, -0.25) is 9.78 Å². The Labute approximate surface area is 127 Å². The molecule has 1 aromatic heterocycles. The lowest BCUT2D eigenvalue weighted by molar-refractivity contribution is -0.124. The van der Waals surface area contributed by atoms with Crippen molar-refractivity contribution in [3.63, 3.8) is 0 Å². The Balaban J connectivity index is 1.70. The molecule has 0 aliphatic heterocycles. The van der Waals surface area contributed by atoms with Gasteiger partial charge in [-0.1, -0.05) is 18.2 Å². The smallest absolute Gasteiger partial charge is 0.340 e. The fourth-order valence-electron chi connectivity index (χ4n) is 1.79. The summed E-state index contributed by atoms with van der Waals surface area (Å²) in [4.78, 5) is 26.9. The molecule has 22 heavy (non-hydrogen) atoms. The molecule has 0 atom stereocenters. The highest BCUT2D eigenvalue weighted by Crippen LogP contribution is 2.06. The Morgan fingerprint density at radius 1 is 1.18 bits per heavy atom. The van der Waals surface area contributed by atoms with Crippen LogP contribution in [0, 0.1) is 5.82 Å². The molecule has 0 aliphatic rings.